The van der Waals surface area contributed by atoms with Crippen LogP contribution >= 0.6 is 11.5 Å². The number of amides is 3. The molecule has 1 saturated heterocycles. The predicted molar refractivity (Wildman–Crippen MR) is 68.6 cm³/mol. The highest BCUT2D eigenvalue weighted by Crippen LogP contribution is 2.41. The number of nitrogens with zero attached hydrogens (tertiary/aromatic N) is 3. The van der Waals surface area contributed by atoms with Crippen LogP contribution in [0.3, 0.4) is 0 Å². The standard InChI is InChI=1S/C12H15N3O2S/c1-14-11(17)15(9-5-8-13-18-9)10(16)12(14)6-3-2-4-7-12/h5,8H,2-4,6-7H2,1H3. The smallest absolute Gasteiger partial charge is 0.312 e. The van der Waals surface area contributed by atoms with E-state index in [2.05, 4.69) is 4.37 Å². The lowest BCUT2D eigenvalue weighted by Crippen LogP contribution is -2.49. The van der Waals surface area contributed by atoms with Crippen LogP contribution in [-0.4, -0.2) is 33.8 Å². The molecule has 1 aromatic rings. The van der Waals surface area contributed by atoms with Gasteiger partial charge >= 0.3 is 6.03 Å². The van der Waals surface area contributed by atoms with Gasteiger partial charge in [0.1, 0.15) is 10.5 Å². The molecule has 1 saturated carbocycles. The molecule has 1 aliphatic carbocycles. The second-order valence-corrected chi connectivity index (χ2v) is 5.74. The first kappa shape index (κ1) is 11.6. The van der Waals surface area contributed by atoms with E-state index < -0.39 is 5.54 Å². The van der Waals surface area contributed by atoms with Crippen molar-refractivity contribution in [2.45, 2.75) is 37.6 Å². The van der Waals surface area contributed by atoms with Crippen molar-refractivity contribution in [3.05, 3.63) is 12.3 Å². The average molecular weight is 265 g/mol. The van der Waals surface area contributed by atoms with E-state index in [-0.39, 0.29) is 11.9 Å². The average Bonchev–Trinajstić information content (AvgIpc) is 2.96. The molecular weight excluding hydrogens is 250 g/mol. The Bertz CT molecular complexity index is 480. The van der Waals surface area contributed by atoms with Crippen LogP contribution in [0.1, 0.15) is 32.1 Å². The quantitative estimate of drug-likeness (QED) is 0.732. The van der Waals surface area contributed by atoms with E-state index in [1.807, 2.05) is 0 Å². The second-order valence-electron chi connectivity index (χ2n) is 4.93. The Balaban J connectivity index is 2.00. The molecule has 2 heterocycles. The lowest BCUT2D eigenvalue weighted by atomic mass is 9.81. The summed E-state index contributed by atoms with van der Waals surface area (Å²) in [6.45, 7) is 0. The minimum atomic E-state index is -0.598. The van der Waals surface area contributed by atoms with E-state index in [0.29, 0.717) is 5.00 Å². The molecule has 0 bridgehead atoms. The van der Waals surface area contributed by atoms with Gasteiger partial charge in [0.2, 0.25) is 0 Å². The van der Waals surface area contributed by atoms with Crippen molar-refractivity contribution in [1.82, 2.24) is 9.27 Å². The summed E-state index contributed by atoms with van der Waals surface area (Å²) in [5, 5.41) is 0.624. The zero-order valence-electron chi connectivity index (χ0n) is 10.3. The van der Waals surface area contributed by atoms with Crippen LogP contribution in [0.4, 0.5) is 9.80 Å². The maximum Gasteiger partial charge on any atom is 0.332 e. The molecule has 0 unspecified atom stereocenters. The molecule has 2 aliphatic rings. The molecular formula is C12H15N3O2S. The summed E-state index contributed by atoms with van der Waals surface area (Å²) in [7, 11) is 1.74. The second kappa shape index (κ2) is 4.05. The highest BCUT2D eigenvalue weighted by atomic mass is 32.1. The fourth-order valence-electron chi connectivity index (χ4n) is 2.98. The van der Waals surface area contributed by atoms with Gasteiger partial charge in [0.25, 0.3) is 5.91 Å². The first-order chi connectivity index (χ1) is 8.67. The number of rotatable bonds is 1. The van der Waals surface area contributed by atoms with Crippen LogP contribution in [-0.2, 0) is 4.79 Å². The topological polar surface area (TPSA) is 53.5 Å². The van der Waals surface area contributed by atoms with Crippen molar-refractivity contribution in [1.29, 1.82) is 0 Å². The molecule has 6 heteroatoms. The Labute approximate surface area is 110 Å². The first-order valence-corrected chi connectivity index (χ1v) is 6.97. The third-order valence-electron chi connectivity index (χ3n) is 4.05. The van der Waals surface area contributed by atoms with Crippen molar-refractivity contribution in [3.8, 4) is 0 Å². The molecule has 18 heavy (non-hydrogen) atoms. The Morgan fingerprint density at radius 3 is 2.61 bits per heavy atom. The monoisotopic (exact) mass is 265 g/mol. The molecule has 0 N–H and O–H groups in total. The van der Waals surface area contributed by atoms with Crippen LogP contribution in [0.15, 0.2) is 12.3 Å². The van der Waals surface area contributed by atoms with Gasteiger partial charge in [-0.2, -0.15) is 4.37 Å². The Kier molecular flexibility index (Phi) is 2.62. The number of hydrogen-bond acceptors (Lipinski definition) is 4. The lowest BCUT2D eigenvalue weighted by molar-refractivity contribution is -0.126. The third-order valence-corrected chi connectivity index (χ3v) is 4.78. The molecule has 2 fully saturated rings. The SMILES string of the molecule is CN1C(=O)N(c2ccns2)C(=O)C12CCCCC2. The number of hydrogen-bond donors (Lipinski definition) is 0. The van der Waals surface area contributed by atoms with Crippen LogP contribution in [0.25, 0.3) is 0 Å². The zero-order chi connectivity index (χ0) is 12.8. The number of likely N-dealkylation sites (N-methyl/N-ethyl adjacent to an activating group) is 1. The summed E-state index contributed by atoms with van der Waals surface area (Å²) in [4.78, 5) is 27.9. The van der Waals surface area contributed by atoms with E-state index in [9.17, 15) is 9.59 Å². The summed E-state index contributed by atoms with van der Waals surface area (Å²) in [6, 6.07) is 1.50. The van der Waals surface area contributed by atoms with Gasteiger partial charge in [-0.1, -0.05) is 19.3 Å². The Morgan fingerprint density at radius 1 is 1.28 bits per heavy atom. The van der Waals surface area contributed by atoms with Crippen LogP contribution < -0.4 is 4.90 Å². The summed E-state index contributed by atoms with van der Waals surface area (Å²) in [6.07, 6.45) is 6.36. The highest BCUT2D eigenvalue weighted by molar-refractivity contribution is 7.10. The summed E-state index contributed by atoms with van der Waals surface area (Å²) in [5.41, 5.74) is -0.598. The molecule has 0 atom stereocenters. The third kappa shape index (κ3) is 1.41. The maximum absolute atomic E-state index is 12.6. The van der Waals surface area contributed by atoms with Crippen molar-refractivity contribution in [3.63, 3.8) is 0 Å². The van der Waals surface area contributed by atoms with Gasteiger partial charge < -0.3 is 4.90 Å². The van der Waals surface area contributed by atoms with Crippen molar-refractivity contribution in [2.75, 3.05) is 11.9 Å². The van der Waals surface area contributed by atoms with Gasteiger partial charge in [0.15, 0.2) is 0 Å². The normalized spacial score (nSPS) is 23.2. The molecule has 3 amide bonds. The number of urea groups is 1. The first-order valence-electron chi connectivity index (χ1n) is 6.20. The molecule has 3 rings (SSSR count). The van der Waals surface area contributed by atoms with Gasteiger partial charge in [-0.05, 0) is 30.4 Å². The van der Waals surface area contributed by atoms with E-state index in [1.165, 1.54) is 16.4 Å². The largest absolute Gasteiger partial charge is 0.332 e. The highest BCUT2D eigenvalue weighted by Gasteiger charge is 2.56. The maximum atomic E-state index is 12.6. The Morgan fingerprint density at radius 2 is 2.00 bits per heavy atom. The van der Waals surface area contributed by atoms with Gasteiger partial charge in [0, 0.05) is 13.2 Å². The van der Waals surface area contributed by atoms with Gasteiger partial charge in [0.05, 0.1) is 0 Å². The van der Waals surface area contributed by atoms with Gasteiger partial charge in [-0.3, -0.25) is 4.79 Å². The van der Waals surface area contributed by atoms with Crippen molar-refractivity contribution < 1.29 is 9.59 Å². The zero-order valence-corrected chi connectivity index (χ0v) is 11.1. The van der Waals surface area contributed by atoms with E-state index in [0.717, 1.165) is 32.1 Å². The molecule has 1 aromatic heterocycles. The predicted octanol–water partition coefficient (Wildman–Crippen LogP) is 2.24. The number of carbonyl (C=O) groups is 2. The summed E-state index contributed by atoms with van der Waals surface area (Å²) < 4.78 is 3.97. The van der Waals surface area contributed by atoms with Crippen molar-refractivity contribution >= 4 is 28.5 Å². The molecule has 5 nitrogen and oxygen atoms in total. The molecule has 1 aliphatic heterocycles. The lowest BCUT2D eigenvalue weighted by Gasteiger charge is -2.35. The van der Waals surface area contributed by atoms with Gasteiger partial charge in [-0.15, -0.1) is 0 Å². The van der Waals surface area contributed by atoms with E-state index in [1.54, 1.807) is 24.2 Å². The Hall–Kier alpha value is -1.43. The fraction of sp³-hybridized carbons (Fsp3) is 0.583. The molecule has 1 spiro atoms. The molecule has 0 radical (unpaired) electrons. The van der Waals surface area contributed by atoms with E-state index in [4.69, 9.17) is 0 Å². The number of imide groups is 1. The van der Waals surface area contributed by atoms with E-state index >= 15 is 0 Å². The summed E-state index contributed by atoms with van der Waals surface area (Å²) >= 11 is 1.18. The van der Waals surface area contributed by atoms with Crippen molar-refractivity contribution in [2.24, 2.45) is 0 Å². The molecule has 96 valence electrons. The molecule has 0 aromatic carbocycles. The number of aromatic nitrogens is 1. The number of anilines is 1. The minimum absolute atomic E-state index is 0.0704. The van der Waals surface area contributed by atoms with Crippen LogP contribution in [0.2, 0.25) is 0 Å². The van der Waals surface area contributed by atoms with Crippen LogP contribution in [0.5, 0.6) is 0 Å². The summed E-state index contributed by atoms with van der Waals surface area (Å²) in [5.74, 6) is -0.0704. The fourth-order valence-corrected chi connectivity index (χ4v) is 3.57. The van der Waals surface area contributed by atoms with Crippen LogP contribution in [0, 0.1) is 0 Å². The number of carbonyl (C=O) groups excluding carboxylic acids is 2. The minimum Gasteiger partial charge on any atom is -0.312 e. The van der Waals surface area contributed by atoms with Gasteiger partial charge in [-0.25, -0.2) is 9.69 Å².